The lowest BCUT2D eigenvalue weighted by Crippen LogP contribution is -2.11. The largest absolute Gasteiger partial charge is 0.396 e. The van der Waals surface area contributed by atoms with Gasteiger partial charge in [-0.15, -0.1) is 0 Å². The normalized spacial score (nSPS) is 11.8. The maximum absolute atomic E-state index is 8.80. The Kier molecular flexibility index (Phi) is 4.55. The van der Waals surface area contributed by atoms with Gasteiger partial charge in [0.15, 0.2) is 0 Å². The van der Waals surface area contributed by atoms with E-state index in [0.717, 1.165) is 19.3 Å². The van der Waals surface area contributed by atoms with Crippen molar-refractivity contribution in [1.29, 1.82) is 0 Å². The summed E-state index contributed by atoms with van der Waals surface area (Å²) in [6, 6.07) is 6.77. The highest BCUT2D eigenvalue weighted by molar-refractivity contribution is 5.34. The molecule has 0 saturated carbocycles. The molecule has 16 heavy (non-hydrogen) atoms. The molecule has 0 aliphatic heterocycles. The Morgan fingerprint density at radius 3 is 2.38 bits per heavy atom. The number of aryl methyl sites for hydroxylation is 2. The van der Waals surface area contributed by atoms with Gasteiger partial charge in [-0.2, -0.15) is 0 Å². The highest BCUT2D eigenvalue weighted by Crippen LogP contribution is 2.25. The number of aliphatic hydroxyl groups is 1. The molecule has 1 N–H and O–H groups in total. The lowest BCUT2D eigenvalue weighted by molar-refractivity contribution is 0.284. The van der Waals surface area contributed by atoms with Crippen LogP contribution in [0.5, 0.6) is 0 Å². The lowest BCUT2D eigenvalue weighted by atomic mass is 9.84. The summed E-state index contributed by atoms with van der Waals surface area (Å²) < 4.78 is 0. The summed E-state index contributed by atoms with van der Waals surface area (Å²) in [6.07, 6.45) is 3.06. The average molecular weight is 220 g/mol. The van der Waals surface area contributed by atoms with Crippen molar-refractivity contribution in [1.82, 2.24) is 0 Å². The van der Waals surface area contributed by atoms with Crippen molar-refractivity contribution in [2.75, 3.05) is 6.61 Å². The van der Waals surface area contributed by atoms with Crippen LogP contribution in [-0.4, -0.2) is 11.7 Å². The molecule has 1 heteroatoms. The van der Waals surface area contributed by atoms with E-state index in [-0.39, 0.29) is 5.41 Å². The number of aliphatic hydroxyl groups excluding tert-OH is 1. The fraction of sp³-hybridized carbons (Fsp3) is 0.600. The van der Waals surface area contributed by atoms with Crippen molar-refractivity contribution in [3.05, 3.63) is 34.9 Å². The minimum atomic E-state index is 0.222. The molecular formula is C15H24O. The SMILES string of the molecule is Cc1ccc(C(C)(C)C)cc1CCCCO. The van der Waals surface area contributed by atoms with Gasteiger partial charge in [-0.05, 0) is 48.3 Å². The van der Waals surface area contributed by atoms with Gasteiger partial charge in [0, 0.05) is 6.61 Å². The van der Waals surface area contributed by atoms with Gasteiger partial charge >= 0.3 is 0 Å². The predicted octanol–water partition coefficient (Wildman–Crippen LogP) is 3.61. The molecule has 1 nitrogen and oxygen atoms in total. The minimum Gasteiger partial charge on any atom is -0.396 e. The Balaban J connectivity index is 2.83. The molecule has 0 spiro atoms. The number of hydrogen-bond acceptors (Lipinski definition) is 1. The van der Waals surface area contributed by atoms with E-state index >= 15 is 0 Å². The second-order valence-electron chi connectivity index (χ2n) is 5.57. The highest BCUT2D eigenvalue weighted by Gasteiger charge is 2.14. The fourth-order valence-electron chi connectivity index (χ4n) is 1.83. The lowest BCUT2D eigenvalue weighted by Gasteiger charge is -2.20. The Hall–Kier alpha value is -0.820. The molecule has 1 rings (SSSR count). The van der Waals surface area contributed by atoms with E-state index in [2.05, 4.69) is 45.9 Å². The number of hydrogen-bond donors (Lipinski definition) is 1. The van der Waals surface area contributed by atoms with Crippen LogP contribution in [0.3, 0.4) is 0 Å². The first-order valence-corrected chi connectivity index (χ1v) is 6.16. The van der Waals surface area contributed by atoms with Crippen molar-refractivity contribution in [2.45, 2.75) is 52.4 Å². The second-order valence-corrected chi connectivity index (χ2v) is 5.57. The van der Waals surface area contributed by atoms with Crippen LogP contribution in [-0.2, 0) is 11.8 Å². The van der Waals surface area contributed by atoms with Gasteiger partial charge < -0.3 is 5.11 Å². The van der Waals surface area contributed by atoms with E-state index in [1.807, 2.05) is 0 Å². The van der Waals surface area contributed by atoms with Crippen LogP contribution in [0.1, 0.15) is 50.3 Å². The van der Waals surface area contributed by atoms with E-state index < -0.39 is 0 Å². The molecule has 0 atom stereocenters. The molecule has 90 valence electrons. The summed E-state index contributed by atoms with van der Waals surface area (Å²) in [5.41, 5.74) is 4.42. The van der Waals surface area contributed by atoms with Crippen molar-refractivity contribution in [2.24, 2.45) is 0 Å². The maximum Gasteiger partial charge on any atom is 0.0431 e. The third-order valence-electron chi connectivity index (χ3n) is 3.07. The summed E-state index contributed by atoms with van der Waals surface area (Å²) in [4.78, 5) is 0. The van der Waals surface area contributed by atoms with Crippen LogP contribution >= 0.6 is 0 Å². The molecule has 0 bridgehead atoms. The van der Waals surface area contributed by atoms with Crippen molar-refractivity contribution >= 4 is 0 Å². The quantitative estimate of drug-likeness (QED) is 0.769. The zero-order valence-corrected chi connectivity index (χ0v) is 11.0. The van der Waals surface area contributed by atoms with E-state index in [4.69, 9.17) is 5.11 Å². The zero-order chi connectivity index (χ0) is 12.2. The van der Waals surface area contributed by atoms with E-state index in [9.17, 15) is 0 Å². The van der Waals surface area contributed by atoms with Gasteiger partial charge in [0.2, 0.25) is 0 Å². The summed E-state index contributed by atoms with van der Waals surface area (Å²) in [5, 5.41) is 8.80. The minimum absolute atomic E-state index is 0.222. The van der Waals surface area contributed by atoms with E-state index in [1.54, 1.807) is 0 Å². The zero-order valence-electron chi connectivity index (χ0n) is 11.0. The Morgan fingerprint density at radius 1 is 1.12 bits per heavy atom. The molecule has 1 aromatic rings. The van der Waals surface area contributed by atoms with Gasteiger partial charge in [0.05, 0.1) is 0 Å². The van der Waals surface area contributed by atoms with E-state index in [1.165, 1.54) is 16.7 Å². The molecule has 0 radical (unpaired) electrons. The van der Waals surface area contributed by atoms with Crippen LogP contribution in [0.25, 0.3) is 0 Å². The maximum atomic E-state index is 8.80. The van der Waals surface area contributed by atoms with Crippen molar-refractivity contribution in [3.63, 3.8) is 0 Å². The van der Waals surface area contributed by atoms with Gasteiger partial charge in [-0.25, -0.2) is 0 Å². The third-order valence-corrected chi connectivity index (χ3v) is 3.07. The first-order chi connectivity index (χ1) is 7.45. The molecular weight excluding hydrogens is 196 g/mol. The van der Waals surface area contributed by atoms with Gasteiger partial charge in [0.1, 0.15) is 0 Å². The average Bonchev–Trinajstić information content (AvgIpc) is 2.19. The summed E-state index contributed by atoms with van der Waals surface area (Å²) >= 11 is 0. The van der Waals surface area contributed by atoms with Crippen LogP contribution in [0.4, 0.5) is 0 Å². The number of unbranched alkanes of at least 4 members (excludes halogenated alkanes) is 1. The Bertz CT molecular complexity index is 334. The molecule has 0 saturated heterocycles. The third kappa shape index (κ3) is 3.64. The van der Waals surface area contributed by atoms with Crippen LogP contribution in [0.2, 0.25) is 0 Å². The molecule has 0 amide bonds. The number of benzene rings is 1. The van der Waals surface area contributed by atoms with Gasteiger partial charge in [-0.3, -0.25) is 0 Å². The topological polar surface area (TPSA) is 20.2 Å². The summed E-state index contributed by atoms with van der Waals surface area (Å²) in [5.74, 6) is 0. The van der Waals surface area contributed by atoms with Crippen molar-refractivity contribution in [3.8, 4) is 0 Å². The molecule has 0 heterocycles. The van der Waals surface area contributed by atoms with Crippen molar-refractivity contribution < 1.29 is 5.11 Å². The van der Waals surface area contributed by atoms with Crippen LogP contribution < -0.4 is 0 Å². The summed E-state index contributed by atoms with van der Waals surface area (Å²) in [6.45, 7) is 9.21. The molecule has 1 aromatic carbocycles. The molecule has 0 unspecified atom stereocenters. The smallest absolute Gasteiger partial charge is 0.0431 e. The first-order valence-electron chi connectivity index (χ1n) is 6.16. The molecule has 0 aliphatic rings. The molecule has 0 aromatic heterocycles. The molecule has 0 fully saturated rings. The van der Waals surface area contributed by atoms with Crippen LogP contribution in [0, 0.1) is 6.92 Å². The summed E-state index contributed by atoms with van der Waals surface area (Å²) in [7, 11) is 0. The number of rotatable bonds is 4. The Morgan fingerprint density at radius 2 is 1.81 bits per heavy atom. The van der Waals surface area contributed by atoms with Crippen LogP contribution in [0.15, 0.2) is 18.2 Å². The van der Waals surface area contributed by atoms with Gasteiger partial charge in [0.25, 0.3) is 0 Å². The fourth-order valence-corrected chi connectivity index (χ4v) is 1.83. The van der Waals surface area contributed by atoms with Gasteiger partial charge in [-0.1, -0.05) is 39.0 Å². The molecule has 0 aliphatic carbocycles. The predicted molar refractivity (Wildman–Crippen MR) is 69.9 cm³/mol. The highest BCUT2D eigenvalue weighted by atomic mass is 16.2. The monoisotopic (exact) mass is 220 g/mol. The van der Waals surface area contributed by atoms with E-state index in [0.29, 0.717) is 6.61 Å². The Labute approximate surface area is 99.5 Å². The second kappa shape index (κ2) is 5.49. The first kappa shape index (κ1) is 13.2. The standard InChI is InChI=1S/C15H24O/c1-12-8-9-14(15(2,3)4)11-13(12)7-5-6-10-16/h8-9,11,16H,5-7,10H2,1-4H3.